The van der Waals surface area contributed by atoms with E-state index in [0.29, 0.717) is 41.5 Å². The van der Waals surface area contributed by atoms with Crippen LogP contribution < -0.4 is 21.3 Å². The number of aryl methyl sites for hydroxylation is 2. The second-order valence-corrected chi connectivity index (χ2v) is 15.8. The first-order chi connectivity index (χ1) is 30.7. The highest BCUT2D eigenvalue weighted by atomic mass is 35.5. The van der Waals surface area contributed by atoms with Crippen LogP contribution in [0.15, 0.2) is 124 Å². The van der Waals surface area contributed by atoms with Crippen LogP contribution in [-0.4, -0.2) is 59.0 Å². The highest BCUT2D eigenvalue weighted by Gasteiger charge is 2.26. The summed E-state index contributed by atoms with van der Waals surface area (Å²) in [5.74, 6) is -3.10. The Morgan fingerprint density at radius 1 is 0.516 bits per heavy atom. The minimum absolute atomic E-state index is 0.0381. The summed E-state index contributed by atoms with van der Waals surface area (Å²) in [5, 5.41) is 27.0. The Bertz CT molecular complexity index is 2610. The van der Waals surface area contributed by atoms with Gasteiger partial charge < -0.3 is 21.3 Å². The Morgan fingerprint density at radius 3 is 1.34 bits per heavy atom. The van der Waals surface area contributed by atoms with E-state index in [1.807, 2.05) is 24.3 Å². The molecule has 64 heavy (non-hydrogen) atoms. The predicted octanol–water partition coefficient (Wildman–Crippen LogP) is 11.2. The van der Waals surface area contributed by atoms with E-state index < -0.39 is 47.3 Å². The number of hydrogen-bond donors (Lipinski definition) is 4. The zero-order valence-corrected chi connectivity index (χ0v) is 37.9. The van der Waals surface area contributed by atoms with Gasteiger partial charge in [-0.05, 0) is 122 Å². The summed E-state index contributed by atoms with van der Waals surface area (Å²) in [6.07, 6.45) is 1.38. The van der Waals surface area contributed by atoms with Gasteiger partial charge in [-0.1, -0.05) is 47.5 Å². The van der Waals surface area contributed by atoms with Crippen LogP contribution in [-0.2, 0) is 37.9 Å². The molecular formula is C45H39Cl5N8O6. The number of nitrogens with zero attached hydrogens (tertiary/aromatic N) is 4. The lowest BCUT2D eigenvalue weighted by molar-refractivity contribution is -0.127. The van der Waals surface area contributed by atoms with Crippen molar-refractivity contribution in [1.29, 1.82) is 0 Å². The summed E-state index contributed by atoms with van der Waals surface area (Å²) in [6.45, 7) is 2.31. The molecule has 5 rings (SSSR count). The number of hydrogen-bond acceptors (Lipinski definition) is 10. The minimum Gasteiger partial charge on any atom is -0.324 e. The van der Waals surface area contributed by atoms with Crippen LogP contribution >= 0.6 is 58.0 Å². The van der Waals surface area contributed by atoms with E-state index in [2.05, 4.69) is 41.7 Å². The molecule has 0 aliphatic carbocycles. The molecule has 0 aliphatic rings. The Morgan fingerprint density at radius 2 is 0.938 bits per heavy atom. The largest absolute Gasteiger partial charge is 0.324 e. The van der Waals surface area contributed by atoms with E-state index >= 15 is 0 Å². The summed E-state index contributed by atoms with van der Waals surface area (Å²) in [4.78, 5) is 77.9. The van der Waals surface area contributed by atoms with Crippen LogP contribution in [0, 0.1) is 0 Å². The monoisotopic (exact) mass is 962 g/mol. The number of azo groups is 2. The third kappa shape index (κ3) is 13.7. The molecule has 5 aromatic carbocycles. The van der Waals surface area contributed by atoms with Crippen LogP contribution in [0.3, 0.4) is 0 Å². The zero-order chi connectivity index (χ0) is 46.3. The maximum Gasteiger partial charge on any atom is 0.258 e. The zero-order valence-electron chi connectivity index (χ0n) is 34.1. The molecule has 0 spiro atoms. The maximum atomic E-state index is 13.4. The number of carbonyl (C=O) groups excluding carboxylic acids is 6. The quantitative estimate of drug-likeness (QED) is 0.0360. The van der Waals surface area contributed by atoms with Crippen molar-refractivity contribution >= 4 is 127 Å². The van der Waals surface area contributed by atoms with Crippen molar-refractivity contribution in [3.05, 3.63) is 141 Å². The highest BCUT2D eigenvalue weighted by molar-refractivity contribution is 6.33. The van der Waals surface area contributed by atoms with Gasteiger partial charge in [-0.15, -0.1) is 34.8 Å². The molecule has 0 saturated carbocycles. The Hall–Kier alpha value is -6.03. The maximum absolute atomic E-state index is 13.4. The molecule has 0 bridgehead atoms. The summed E-state index contributed by atoms with van der Waals surface area (Å²) in [5.41, 5.74) is 4.33. The number of anilines is 4. The summed E-state index contributed by atoms with van der Waals surface area (Å²) in [6, 6.07) is 24.1. The third-order valence-corrected chi connectivity index (χ3v) is 10.5. The van der Waals surface area contributed by atoms with Crippen molar-refractivity contribution in [2.24, 2.45) is 20.5 Å². The van der Waals surface area contributed by atoms with Crippen molar-refractivity contribution in [3.63, 3.8) is 0 Å². The van der Waals surface area contributed by atoms with Crippen molar-refractivity contribution in [1.82, 2.24) is 0 Å². The molecule has 4 N–H and O–H groups in total. The van der Waals surface area contributed by atoms with Crippen molar-refractivity contribution in [2.45, 2.75) is 44.7 Å². The second kappa shape index (κ2) is 23.6. The highest BCUT2D eigenvalue weighted by Crippen LogP contribution is 2.30. The third-order valence-electron chi connectivity index (χ3n) is 9.21. The number of benzene rings is 5. The molecule has 0 saturated heterocycles. The van der Waals surface area contributed by atoms with Gasteiger partial charge in [0.1, 0.15) is 11.4 Å². The first-order valence-electron chi connectivity index (χ1n) is 19.3. The smallest absolute Gasteiger partial charge is 0.258 e. The standard InChI is InChI=1S/C45H39Cl5N8O6/c1-25(59)40(57-55-38-22-29(7-14-35(38)49)42(61)51-32-9-3-27(4-10-32)17-19-46)44(63)53-34-13-16-37(31(21-34)24-48)54-45(64)41(26(2)60)58-56-39-23-30(8-15-36(39)50)43(62)52-33-11-5-28(6-12-33)18-20-47/h3-16,21-23,40-41H,17-20,24H2,1-2H3,(H,51,61)(H,52,62)(H,53,63)(H,54,64). The molecule has 0 fully saturated rings. The summed E-state index contributed by atoms with van der Waals surface area (Å²) >= 11 is 30.5. The number of carbonyl (C=O) groups is 6. The summed E-state index contributed by atoms with van der Waals surface area (Å²) < 4.78 is 0. The first kappa shape index (κ1) is 49.0. The molecule has 19 heteroatoms. The van der Waals surface area contributed by atoms with Crippen LogP contribution in [0.1, 0.15) is 51.3 Å². The van der Waals surface area contributed by atoms with Gasteiger partial charge in [-0.2, -0.15) is 20.5 Å². The predicted molar refractivity (Wildman–Crippen MR) is 252 cm³/mol. The molecule has 5 aromatic rings. The van der Waals surface area contributed by atoms with Gasteiger partial charge in [-0.3, -0.25) is 28.8 Å². The SMILES string of the molecule is CC(=O)C(N=Nc1cc(C(=O)Nc2ccc(CCCl)cc2)ccc1Cl)C(=O)Nc1ccc(NC(=O)C(N=Nc2cc(C(=O)Nc3ccc(CCCl)cc3)ccc2Cl)C(C)=O)c(CCl)c1. The van der Waals surface area contributed by atoms with E-state index in [-0.39, 0.29) is 49.8 Å². The van der Waals surface area contributed by atoms with Crippen molar-refractivity contribution in [3.8, 4) is 0 Å². The lowest BCUT2D eigenvalue weighted by Gasteiger charge is -2.15. The molecule has 2 atom stereocenters. The van der Waals surface area contributed by atoms with Gasteiger partial charge in [0.25, 0.3) is 23.6 Å². The fourth-order valence-electron chi connectivity index (χ4n) is 5.79. The fourth-order valence-corrected chi connectivity index (χ4v) is 6.76. The lowest BCUT2D eigenvalue weighted by atomic mass is 10.1. The number of rotatable bonds is 19. The van der Waals surface area contributed by atoms with E-state index in [1.54, 1.807) is 24.3 Å². The first-order valence-corrected chi connectivity index (χ1v) is 21.7. The number of halogens is 5. The van der Waals surface area contributed by atoms with Gasteiger partial charge in [0, 0.05) is 51.5 Å². The molecule has 330 valence electrons. The minimum atomic E-state index is -1.62. The van der Waals surface area contributed by atoms with Crippen LogP contribution in [0.2, 0.25) is 10.0 Å². The average molecular weight is 965 g/mol. The van der Waals surface area contributed by atoms with Gasteiger partial charge in [-0.25, -0.2) is 0 Å². The molecule has 2 unspecified atom stereocenters. The van der Waals surface area contributed by atoms with Gasteiger partial charge in [0.05, 0.1) is 10.0 Å². The van der Waals surface area contributed by atoms with Crippen molar-refractivity contribution in [2.75, 3.05) is 33.0 Å². The normalized spacial score (nSPS) is 12.1. The van der Waals surface area contributed by atoms with Gasteiger partial charge >= 0.3 is 0 Å². The van der Waals surface area contributed by atoms with E-state index in [4.69, 9.17) is 58.0 Å². The Kier molecular flexibility index (Phi) is 18.1. The molecule has 0 heterocycles. The van der Waals surface area contributed by atoms with Gasteiger partial charge in [0.2, 0.25) is 12.1 Å². The molecule has 0 radical (unpaired) electrons. The summed E-state index contributed by atoms with van der Waals surface area (Å²) in [7, 11) is 0. The molecule has 0 aromatic heterocycles. The number of ketones is 2. The van der Waals surface area contributed by atoms with E-state index in [1.165, 1.54) is 54.6 Å². The topological polar surface area (TPSA) is 200 Å². The molecular weight excluding hydrogens is 926 g/mol. The van der Waals surface area contributed by atoms with Crippen LogP contribution in [0.25, 0.3) is 0 Å². The van der Waals surface area contributed by atoms with E-state index in [0.717, 1.165) is 25.0 Å². The Labute approximate surface area is 393 Å². The number of alkyl halides is 3. The molecule has 14 nitrogen and oxygen atoms in total. The van der Waals surface area contributed by atoms with E-state index in [9.17, 15) is 28.8 Å². The Balaban J connectivity index is 1.24. The second-order valence-electron chi connectivity index (χ2n) is 14.0. The van der Waals surface area contributed by atoms with Gasteiger partial charge in [0.15, 0.2) is 11.6 Å². The lowest BCUT2D eigenvalue weighted by Crippen LogP contribution is -2.32. The fraction of sp³-hybridized carbons (Fsp3) is 0.200. The molecule has 0 aliphatic heterocycles. The average Bonchev–Trinajstić information content (AvgIpc) is 3.26. The van der Waals surface area contributed by atoms with Crippen LogP contribution in [0.5, 0.6) is 0 Å². The van der Waals surface area contributed by atoms with Crippen molar-refractivity contribution < 1.29 is 28.8 Å². The van der Waals surface area contributed by atoms with Crippen LogP contribution in [0.4, 0.5) is 34.1 Å². The molecule has 4 amide bonds. The number of amides is 4. The number of nitrogens with one attached hydrogen (secondary N) is 4. The number of Topliss-reactive ketones (excluding diaryl/α,β-unsaturated/α-hetero) is 2.